The maximum Gasteiger partial charge on any atom is 0.231 e. The molecule has 0 aliphatic carbocycles. The summed E-state index contributed by atoms with van der Waals surface area (Å²) in [5, 5.41) is 10.2. The lowest BCUT2D eigenvalue weighted by Gasteiger charge is -2.35. The third kappa shape index (κ3) is 4.59. The van der Waals surface area contributed by atoms with E-state index in [1.807, 2.05) is 18.2 Å². The molecule has 128 valence electrons. The van der Waals surface area contributed by atoms with Crippen LogP contribution in [0.4, 0.5) is 0 Å². The summed E-state index contributed by atoms with van der Waals surface area (Å²) in [6.45, 7) is 8.51. The number of hydrogen-bond donors (Lipinski definition) is 1. The van der Waals surface area contributed by atoms with Gasteiger partial charge in [-0.25, -0.2) is 0 Å². The zero-order valence-electron chi connectivity index (χ0n) is 14.0. The zero-order chi connectivity index (χ0) is 16.2. The van der Waals surface area contributed by atoms with Gasteiger partial charge in [0.05, 0.1) is 19.3 Å². The smallest absolute Gasteiger partial charge is 0.231 e. The first-order valence-corrected chi connectivity index (χ1v) is 8.47. The predicted octanol–water partition coefficient (Wildman–Crippen LogP) is 2.27. The molecule has 2 heterocycles. The van der Waals surface area contributed by atoms with E-state index in [9.17, 15) is 5.11 Å². The summed E-state index contributed by atoms with van der Waals surface area (Å²) in [4.78, 5) is 2.35. The number of benzene rings is 1. The Morgan fingerprint density at radius 2 is 1.96 bits per heavy atom. The molecule has 2 aliphatic heterocycles. The summed E-state index contributed by atoms with van der Waals surface area (Å²) in [5.74, 6) is 2.96. The Kier molecular flexibility index (Phi) is 5.41. The Bertz CT molecular complexity index is 512. The van der Waals surface area contributed by atoms with Crippen LogP contribution in [-0.2, 0) is 11.3 Å². The Labute approximate surface area is 138 Å². The number of nitrogens with zero attached hydrogens (tertiary/aromatic N) is 1. The fourth-order valence-electron chi connectivity index (χ4n) is 3.64. The van der Waals surface area contributed by atoms with Crippen LogP contribution in [0.25, 0.3) is 0 Å². The number of aliphatic hydroxyl groups excluding tert-OH is 1. The van der Waals surface area contributed by atoms with Gasteiger partial charge >= 0.3 is 0 Å². The number of piperidine rings is 1. The topological polar surface area (TPSA) is 51.2 Å². The Balaban J connectivity index is 1.40. The summed E-state index contributed by atoms with van der Waals surface area (Å²) in [6, 6.07) is 5.80. The van der Waals surface area contributed by atoms with Crippen molar-refractivity contribution >= 4 is 0 Å². The quantitative estimate of drug-likeness (QED) is 0.871. The third-order valence-corrected chi connectivity index (χ3v) is 4.43. The molecule has 0 aromatic heterocycles. The van der Waals surface area contributed by atoms with E-state index in [-0.39, 0.29) is 6.79 Å². The number of hydrogen-bond acceptors (Lipinski definition) is 5. The molecule has 5 nitrogen and oxygen atoms in total. The van der Waals surface area contributed by atoms with Crippen LogP contribution in [0.3, 0.4) is 0 Å². The van der Waals surface area contributed by atoms with Crippen molar-refractivity contribution in [2.24, 2.45) is 11.8 Å². The second kappa shape index (κ2) is 7.51. The van der Waals surface area contributed by atoms with Gasteiger partial charge in [0, 0.05) is 19.6 Å². The number of β-amino-alcohol motifs (C(OH)–C–C–N with tert-alkyl or cyclic N) is 1. The highest BCUT2D eigenvalue weighted by Crippen LogP contribution is 2.32. The van der Waals surface area contributed by atoms with E-state index in [1.165, 1.54) is 6.42 Å². The van der Waals surface area contributed by atoms with Crippen molar-refractivity contribution in [1.82, 2.24) is 4.90 Å². The minimum atomic E-state index is -0.443. The summed E-state index contributed by atoms with van der Waals surface area (Å²) in [6.07, 6.45) is 0.842. The summed E-state index contributed by atoms with van der Waals surface area (Å²) >= 11 is 0. The van der Waals surface area contributed by atoms with Gasteiger partial charge in [-0.1, -0.05) is 19.9 Å². The highest BCUT2D eigenvalue weighted by molar-refractivity contribution is 5.44. The molecule has 1 N–H and O–H groups in total. The number of likely N-dealkylation sites (tertiary alicyclic amines) is 1. The summed E-state index contributed by atoms with van der Waals surface area (Å²) in [5.41, 5.74) is 1.03. The van der Waals surface area contributed by atoms with E-state index in [0.717, 1.165) is 30.2 Å². The van der Waals surface area contributed by atoms with Crippen molar-refractivity contribution in [2.45, 2.75) is 33.0 Å². The van der Waals surface area contributed by atoms with Crippen LogP contribution >= 0.6 is 0 Å². The molecular weight excluding hydrogens is 294 g/mol. The molecule has 0 unspecified atom stereocenters. The molecule has 0 amide bonds. The minimum Gasteiger partial charge on any atom is -0.454 e. The van der Waals surface area contributed by atoms with Gasteiger partial charge in [-0.15, -0.1) is 0 Å². The van der Waals surface area contributed by atoms with Gasteiger partial charge in [-0.2, -0.15) is 0 Å². The lowest BCUT2D eigenvalue weighted by atomic mass is 9.92. The highest BCUT2D eigenvalue weighted by Gasteiger charge is 2.23. The maximum atomic E-state index is 10.2. The van der Waals surface area contributed by atoms with Crippen molar-refractivity contribution in [3.63, 3.8) is 0 Å². The second-order valence-corrected chi connectivity index (χ2v) is 7.02. The van der Waals surface area contributed by atoms with Gasteiger partial charge in [-0.05, 0) is 36.0 Å². The van der Waals surface area contributed by atoms with Crippen molar-refractivity contribution in [2.75, 3.05) is 33.0 Å². The lowest BCUT2D eigenvalue weighted by Crippen LogP contribution is -2.43. The van der Waals surface area contributed by atoms with Crippen LogP contribution < -0.4 is 9.47 Å². The number of rotatable bonds is 6. The van der Waals surface area contributed by atoms with Crippen LogP contribution in [0, 0.1) is 11.8 Å². The predicted molar refractivity (Wildman–Crippen MR) is 87.6 cm³/mol. The zero-order valence-corrected chi connectivity index (χ0v) is 14.0. The second-order valence-electron chi connectivity index (χ2n) is 7.02. The molecule has 1 aromatic rings. The molecule has 23 heavy (non-hydrogen) atoms. The van der Waals surface area contributed by atoms with E-state index in [4.69, 9.17) is 14.2 Å². The minimum absolute atomic E-state index is 0.283. The van der Waals surface area contributed by atoms with E-state index in [1.54, 1.807) is 0 Å². The van der Waals surface area contributed by atoms with Gasteiger partial charge in [0.15, 0.2) is 11.5 Å². The Morgan fingerprint density at radius 3 is 2.74 bits per heavy atom. The standard InChI is InChI=1S/C18H27NO4/c1-13-5-14(2)8-19(7-13)9-16(20)11-21-10-15-3-4-17-18(6-15)23-12-22-17/h3-4,6,13-14,16,20H,5,7-12H2,1-2H3/t13-,14-,16-/m0/s1. The molecule has 0 radical (unpaired) electrons. The van der Waals surface area contributed by atoms with Gasteiger partial charge in [0.25, 0.3) is 0 Å². The monoisotopic (exact) mass is 321 g/mol. The number of fused-ring (bicyclic) bond motifs is 1. The SMILES string of the molecule is C[C@H]1C[C@H](C)CN(C[C@H](O)COCc2ccc3c(c2)OCO3)C1. The Morgan fingerprint density at radius 1 is 1.22 bits per heavy atom. The highest BCUT2D eigenvalue weighted by atomic mass is 16.7. The first-order valence-electron chi connectivity index (χ1n) is 8.47. The number of ether oxygens (including phenoxy) is 3. The van der Waals surface area contributed by atoms with Gasteiger partial charge in [-0.3, -0.25) is 0 Å². The molecular formula is C18H27NO4. The van der Waals surface area contributed by atoms with Crippen LogP contribution in [0.15, 0.2) is 18.2 Å². The van der Waals surface area contributed by atoms with Crippen LogP contribution in [0.5, 0.6) is 11.5 Å². The van der Waals surface area contributed by atoms with E-state index < -0.39 is 6.10 Å². The van der Waals surface area contributed by atoms with E-state index in [0.29, 0.717) is 31.6 Å². The van der Waals surface area contributed by atoms with E-state index >= 15 is 0 Å². The molecule has 1 fully saturated rings. The largest absolute Gasteiger partial charge is 0.454 e. The normalized spacial score (nSPS) is 25.5. The molecule has 3 atom stereocenters. The number of aliphatic hydroxyl groups is 1. The summed E-state index contributed by atoms with van der Waals surface area (Å²) in [7, 11) is 0. The van der Waals surface area contributed by atoms with E-state index in [2.05, 4.69) is 18.7 Å². The molecule has 5 heteroatoms. The molecule has 0 saturated carbocycles. The molecule has 0 spiro atoms. The molecule has 0 bridgehead atoms. The molecule has 2 aliphatic rings. The molecule has 1 aromatic carbocycles. The van der Waals surface area contributed by atoms with Crippen molar-refractivity contribution in [1.29, 1.82) is 0 Å². The van der Waals surface area contributed by atoms with Crippen LogP contribution in [0.2, 0.25) is 0 Å². The first kappa shape index (κ1) is 16.6. The molecule has 3 rings (SSSR count). The van der Waals surface area contributed by atoms with Crippen molar-refractivity contribution in [3.8, 4) is 11.5 Å². The fraction of sp³-hybridized carbons (Fsp3) is 0.667. The lowest BCUT2D eigenvalue weighted by molar-refractivity contribution is -0.000915. The fourth-order valence-corrected chi connectivity index (χ4v) is 3.64. The van der Waals surface area contributed by atoms with Gasteiger partial charge < -0.3 is 24.2 Å². The van der Waals surface area contributed by atoms with Gasteiger partial charge in [0.1, 0.15) is 0 Å². The average Bonchev–Trinajstić information content (AvgIpc) is 2.93. The van der Waals surface area contributed by atoms with Gasteiger partial charge in [0.2, 0.25) is 6.79 Å². The third-order valence-electron chi connectivity index (χ3n) is 4.43. The van der Waals surface area contributed by atoms with Crippen molar-refractivity contribution in [3.05, 3.63) is 23.8 Å². The van der Waals surface area contributed by atoms with Crippen molar-refractivity contribution < 1.29 is 19.3 Å². The average molecular weight is 321 g/mol. The first-order chi connectivity index (χ1) is 11.1. The van der Waals surface area contributed by atoms with Crippen LogP contribution in [-0.4, -0.2) is 49.1 Å². The molecule has 1 saturated heterocycles. The van der Waals surface area contributed by atoms with Crippen LogP contribution in [0.1, 0.15) is 25.8 Å². The maximum absolute atomic E-state index is 10.2. The Hall–Kier alpha value is -1.30. The summed E-state index contributed by atoms with van der Waals surface area (Å²) < 4.78 is 16.3.